The van der Waals surface area contributed by atoms with E-state index < -0.39 is 28.0 Å². The molecule has 0 saturated carbocycles. The smallest absolute Gasteiger partial charge is 0.335 e. The molecule has 0 spiro atoms. The first-order chi connectivity index (χ1) is 9.69. The van der Waals surface area contributed by atoms with E-state index in [0.29, 0.717) is 0 Å². The molecule has 8 heteroatoms. The maximum Gasteiger partial charge on any atom is 0.335 e. The van der Waals surface area contributed by atoms with Gasteiger partial charge in [0.2, 0.25) is 10.0 Å². The molecule has 2 N–H and O–H groups in total. The quantitative estimate of drug-likeness (QED) is 0.753. The van der Waals surface area contributed by atoms with Gasteiger partial charge in [0.15, 0.2) is 0 Å². The van der Waals surface area contributed by atoms with Gasteiger partial charge in [-0.3, -0.25) is 4.79 Å². The van der Waals surface area contributed by atoms with E-state index in [1.165, 1.54) is 31.4 Å². The van der Waals surface area contributed by atoms with Crippen LogP contribution in [0.3, 0.4) is 0 Å². The van der Waals surface area contributed by atoms with Gasteiger partial charge < -0.3 is 9.84 Å². The summed E-state index contributed by atoms with van der Waals surface area (Å²) in [6.07, 6.45) is 0. The Balaban J connectivity index is 3.04. The van der Waals surface area contributed by atoms with Crippen molar-refractivity contribution in [3.63, 3.8) is 0 Å². The van der Waals surface area contributed by atoms with Crippen LogP contribution in [0.5, 0.6) is 0 Å². The van der Waals surface area contributed by atoms with Crippen LogP contribution in [0.1, 0.15) is 24.2 Å². The molecule has 0 aromatic heterocycles. The van der Waals surface area contributed by atoms with E-state index in [1.54, 1.807) is 13.8 Å². The second-order valence-corrected chi connectivity index (χ2v) is 6.41. The van der Waals surface area contributed by atoms with Crippen molar-refractivity contribution in [1.82, 2.24) is 4.72 Å². The highest BCUT2D eigenvalue weighted by atomic mass is 32.2. The molecule has 0 unspecified atom stereocenters. The number of benzene rings is 1. The molecule has 116 valence electrons. The number of hydrogen-bond acceptors (Lipinski definition) is 5. The molecule has 21 heavy (non-hydrogen) atoms. The molecule has 1 aromatic carbocycles. The zero-order chi connectivity index (χ0) is 16.2. The van der Waals surface area contributed by atoms with Crippen LogP contribution >= 0.6 is 0 Å². The fraction of sp³-hybridized carbons (Fsp3) is 0.385. The fourth-order valence-corrected chi connectivity index (χ4v) is 2.93. The lowest BCUT2D eigenvalue weighted by molar-refractivity contribution is -0.143. The fourth-order valence-electron chi connectivity index (χ4n) is 1.60. The molecular weight excluding hydrogens is 298 g/mol. The van der Waals surface area contributed by atoms with Crippen molar-refractivity contribution in [3.05, 3.63) is 29.8 Å². The van der Waals surface area contributed by atoms with Crippen molar-refractivity contribution in [3.8, 4) is 0 Å². The number of carbonyl (C=O) groups is 2. The van der Waals surface area contributed by atoms with Gasteiger partial charge >= 0.3 is 11.9 Å². The predicted molar refractivity (Wildman–Crippen MR) is 74.4 cm³/mol. The van der Waals surface area contributed by atoms with Gasteiger partial charge in [-0.1, -0.05) is 13.8 Å². The second kappa shape index (κ2) is 6.68. The van der Waals surface area contributed by atoms with Crippen LogP contribution in [-0.2, 0) is 19.6 Å². The molecule has 1 atom stereocenters. The topological polar surface area (TPSA) is 110 Å². The van der Waals surface area contributed by atoms with Gasteiger partial charge in [-0.25, -0.2) is 13.2 Å². The third-order valence-corrected chi connectivity index (χ3v) is 4.27. The van der Waals surface area contributed by atoms with Crippen molar-refractivity contribution in [2.24, 2.45) is 5.92 Å². The summed E-state index contributed by atoms with van der Waals surface area (Å²) in [5.41, 5.74) is -0.0256. The minimum absolute atomic E-state index is 0.0256. The van der Waals surface area contributed by atoms with Gasteiger partial charge in [-0.15, -0.1) is 0 Å². The maximum atomic E-state index is 12.2. The van der Waals surface area contributed by atoms with Gasteiger partial charge in [0, 0.05) is 0 Å². The van der Waals surface area contributed by atoms with Gasteiger partial charge in [0.1, 0.15) is 6.04 Å². The van der Waals surface area contributed by atoms with Crippen LogP contribution in [0.15, 0.2) is 29.2 Å². The summed E-state index contributed by atoms with van der Waals surface area (Å²) in [4.78, 5) is 22.2. The van der Waals surface area contributed by atoms with E-state index in [1.807, 2.05) is 0 Å². The monoisotopic (exact) mass is 315 g/mol. The molecule has 0 bridgehead atoms. The summed E-state index contributed by atoms with van der Waals surface area (Å²) in [6.45, 7) is 3.36. The normalized spacial score (nSPS) is 13.0. The molecule has 7 nitrogen and oxygen atoms in total. The molecular formula is C13H17NO6S. The lowest BCUT2D eigenvalue weighted by Crippen LogP contribution is -2.44. The van der Waals surface area contributed by atoms with Crippen molar-refractivity contribution in [1.29, 1.82) is 0 Å². The maximum absolute atomic E-state index is 12.2. The number of nitrogens with one attached hydrogen (secondary N) is 1. The van der Waals surface area contributed by atoms with Crippen molar-refractivity contribution in [2.75, 3.05) is 7.11 Å². The van der Waals surface area contributed by atoms with Gasteiger partial charge in [-0.2, -0.15) is 4.72 Å². The number of rotatable bonds is 6. The van der Waals surface area contributed by atoms with E-state index in [9.17, 15) is 18.0 Å². The van der Waals surface area contributed by atoms with Crippen LogP contribution in [0.25, 0.3) is 0 Å². The third kappa shape index (κ3) is 4.27. The largest absolute Gasteiger partial charge is 0.478 e. The zero-order valence-corrected chi connectivity index (χ0v) is 12.7. The number of ether oxygens (including phenoxy) is 1. The summed E-state index contributed by atoms with van der Waals surface area (Å²) < 4.78 is 31.2. The molecule has 0 saturated heterocycles. The molecule has 0 fully saturated rings. The average molecular weight is 315 g/mol. The lowest BCUT2D eigenvalue weighted by Gasteiger charge is -2.19. The summed E-state index contributed by atoms with van der Waals surface area (Å²) in [5, 5.41) is 8.78. The molecule has 0 amide bonds. The number of aromatic carboxylic acids is 1. The van der Waals surface area contributed by atoms with Crippen LogP contribution in [0.2, 0.25) is 0 Å². The van der Waals surface area contributed by atoms with E-state index >= 15 is 0 Å². The van der Waals surface area contributed by atoms with Crippen molar-refractivity contribution in [2.45, 2.75) is 24.8 Å². The SMILES string of the molecule is COC(=O)[C@H](NS(=O)(=O)c1ccc(C(=O)O)cc1)C(C)C. The Kier molecular flexibility index (Phi) is 5.45. The predicted octanol–water partition coefficient (Wildman–Crippen LogP) is 0.861. The Labute approximate surface area is 123 Å². The minimum atomic E-state index is -3.95. The highest BCUT2D eigenvalue weighted by Crippen LogP contribution is 2.14. The summed E-state index contributed by atoms with van der Waals surface area (Å²) >= 11 is 0. The number of hydrogen-bond donors (Lipinski definition) is 2. The number of sulfonamides is 1. The average Bonchev–Trinajstić information content (AvgIpc) is 2.43. The summed E-state index contributed by atoms with van der Waals surface area (Å²) in [5.74, 6) is -2.14. The van der Waals surface area contributed by atoms with E-state index in [-0.39, 0.29) is 16.4 Å². The van der Waals surface area contributed by atoms with E-state index in [4.69, 9.17) is 5.11 Å². The molecule has 0 aliphatic rings. The molecule has 0 radical (unpaired) electrons. The first-order valence-corrected chi connectivity index (χ1v) is 7.61. The third-order valence-electron chi connectivity index (χ3n) is 2.82. The number of carbonyl (C=O) groups excluding carboxylic acids is 1. The molecule has 0 aliphatic heterocycles. The number of carboxylic acid groups (broad SMARTS) is 1. The number of methoxy groups -OCH3 is 1. The second-order valence-electron chi connectivity index (χ2n) is 4.70. The van der Waals surface area contributed by atoms with Crippen molar-refractivity contribution >= 4 is 22.0 Å². The van der Waals surface area contributed by atoms with Crippen LogP contribution in [0, 0.1) is 5.92 Å². The Bertz CT molecular complexity index is 621. The van der Waals surface area contributed by atoms with Crippen LogP contribution < -0.4 is 4.72 Å². The number of carboxylic acids is 1. The van der Waals surface area contributed by atoms with Crippen LogP contribution in [-0.4, -0.2) is 38.6 Å². The highest BCUT2D eigenvalue weighted by Gasteiger charge is 2.29. The Morgan fingerprint density at radius 1 is 1.19 bits per heavy atom. The lowest BCUT2D eigenvalue weighted by atomic mass is 10.1. The summed E-state index contributed by atoms with van der Waals surface area (Å²) in [7, 11) is -2.77. The summed E-state index contributed by atoms with van der Waals surface area (Å²) in [6, 6.07) is 3.68. The van der Waals surface area contributed by atoms with E-state index in [2.05, 4.69) is 9.46 Å². The van der Waals surface area contributed by atoms with Gasteiger partial charge in [0.05, 0.1) is 17.6 Å². The standard InChI is InChI=1S/C13H17NO6S/c1-8(2)11(13(17)20-3)14-21(18,19)10-6-4-9(5-7-10)12(15)16/h4-8,11,14H,1-3H3,(H,15,16)/t11-/m1/s1. The minimum Gasteiger partial charge on any atom is -0.478 e. The number of esters is 1. The highest BCUT2D eigenvalue weighted by molar-refractivity contribution is 7.89. The Morgan fingerprint density at radius 2 is 1.71 bits per heavy atom. The first-order valence-electron chi connectivity index (χ1n) is 6.12. The van der Waals surface area contributed by atoms with E-state index in [0.717, 1.165) is 0 Å². The zero-order valence-electron chi connectivity index (χ0n) is 11.9. The molecule has 1 aromatic rings. The van der Waals surface area contributed by atoms with Gasteiger partial charge in [0.25, 0.3) is 0 Å². The molecule has 0 aliphatic carbocycles. The molecule has 1 rings (SSSR count). The van der Waals surface area contributed by atoms with Gasteiger partial charge in [-0.05, 0) is 30.2 Å². The Hall–Kier alpha value is -1.93. The first kappa shape index (κ1) is 17.1. The van der Waals surface area contributed by atoms with Crippen molar-refractivity contribution < 1.29 is 27.9 Å². The Morgan fingerprint density at radius 3 is 2.10 bits per heavy atom. The molecule has 0 heterocycles. The van der Waals surface area contributed by atoms with Crippen LogP contribution in [0.4, 0.5) is 0 Å².